The number of hydrogen-bond acceptors (Lipinski definition) is 2. The minimum atomic E-state index is -4.91. The van der Waals surface area contributed by atoms with E-state index in [1.54, 1.807) is 0 Å². The molecule has 204 valence electrons. The predicted octanol–water partition coefficient (Wildman–Crippen LogP) is 6.80. The summed E-state index contributed by atoms with van der Waals surface area (Å²) in [7, 11) is 0. The Morgan fingerprint density at radius 2 is 1.62 bits per heavy atom. The fraction of sp³-hybridized carbons (Fsp3) is 0.704. The van der Waals surface area contributed by atoms with E-state index < -0.39 is 46.4 Å². The molecule has 1 aliphatic heterocycles. The molecule has 37 heavy (non-hydrogen) atoms. The maximum absolute atomic E-state index is 13.6. The molecule has 10 heteroatoms. The van der Waals surface area contributed by atoms with E-state index in [2.05, 4.69) is 17.6 Å². The van der Waals surface area contributed by atoms with Crippen LogP contribution in [-0.4, -0.2) is 17.9 Å². The van der Waals surface area contributed by atoms with Gasteiger partial charge in [0, 0.05) is 18.4 Å². The molecule has 0 bridgehead atoms. The van der Waals surface area contributed by atoms with Gasteiger partial charge in [0.15, 0.2) is 0 Å². The maximum Gasteiger partial charge on any atom is 0.418 e. The third-order valence-electron chi connectivity index (χ3n) is 10.3. The Labute approximate surface area is 211 Å². The lowest BCUT2D eigenvalue weighted by Crippen LogP contribution is -2.61. The van der Waals surface area contributed by atoms with Crippen LogP contribution in [0.1, 0.15) is 76.3 Å². The average Bonchev–Trinajstić information content (AvgIpc) is 3.15. The number of carbonyl (C=O) groups is 2. The Morgan fingerprint density at radius 3 is 2.30 bits per heavy atom. The van der Waals surface area contributed by atoms with Gasteiger partial charge in [-0.2, -0.15) is 26.3 Å². The summed E-state index contributed by atoms with van der Waals surface area (Å²) in [6, 6.07) is 1.29. The van der Waals surface area contributed by atoms with Gasteiger partial charge in [-0.05, 0) is 91.7 Å². The molecular formula is C27H32F6N2O2. The fourth-order valence-corrected chi connectivity index (χ4v) is 8.42. The molecule has 1 saturated heterocycles. The van der Waals surface area contributed by atoms with Crippen molar-refractivity contribution in [3.8, 4) is 0 Å². The fourth-order valence-electron chi connectivity index (χ4n) is 8.42. The highest BCUT2D eigenvalue weighted by molar-refractivity contribution is 5.94. The van der Waals surface area contributed by atoms with E-state index in [9.17, 15) is 35.9 Å². The van der Waals surface area contributed by atoms with Crippen molar-refractivity contribution in [2.24, 2.45) is 34.5 Å². The molecule has 7 atom stereocenters. The van der Waals surface area contributed by atoms with Gasteiger partial charge in [0.25, 0.3) is 0 Å². The first-order valence-corrected chi connectivity index (χ1v) is 13.0. The second-order valence-electron chi connectivity index (χ2n) is 12.0. The molecule has 4 aliphatic rings. The van der Waals surface area contributed by atoms with Gasteiger partial charge >= 0.3 is 12.4 Å². The molecular weight excluding hydrogens is 498 g/mol. The second kappa shape index (κ2) is 8.63. The van der Waals surface area contributed by atoms with Gasteiger partial charge < -0.3 is 10.6 Å². The molecule has 5 rings (SSSR count). The maximum atomic E-state index is 13.6. The minimum absolute atomic E-state index is 0.0157. The number of benzene rings is 1. The van der Waals surface area contributed by atoms with Gasteiger partial charge in [-0.3, -0.25) is 9.59 Å². The Hall–Kier alpha value is -2.26. The van der Waals surface area contributed by atoms with Crippen molar-refractivity contribution in [3.63, 3.8) is 0 Å². The number of halogens is 6. The van der Waals surface area contributed by atoms with Crippen LogP contribution >= 0.6 is 0 Å². The van der Waals surface area contributed by atoms with Gasteiger partial charge in [0.1, 0.15) is 0 Å². The van der Waals surface area contributed by atoms with Crippen LogP contribution in [0.25, 0.3) is 0 Å². The van der Waals surface area contributed by atoms with Gasteiger partial charge in [-0.25, -0.2) is 0 Å². The topological polar surface area (TPSA) is 58.2 Å². The van der Waals surface area contributed by atoms with Crippen LogP contribution in [0, 0.1) is 34.5 Å². The molecule has 0 radical (unpaired) electrons. The van der Waals surface area contributed by atoms with Crippen LogP contribution < -0.4 is 10.6 Å². The summed E-state index contributed by atoms with van der Waals surface area (Å²) in [4.78, 5) is 25.4. The van der Waals surface area contributed by atoms with Crippen LogP contribution in [0.4, 0.5) is 32.0 Å². The summed E-state index contributed by atoms with van der Waals surface area (Å²) in [6.07, 6.45) is -3.78. The molecule has 2 N–H and O–H groups in total. The summed E-state index contributed by atoms with van der Waals surface area (Å²) in [6.45, 7) is 4.28. The van der Waals surface area contributed by atoms with Crippen LogP contribution in [0.5, 0.6) is 0 Å². The highest BCUT2D eigenvalue weighted by atomic mass is 19.4. The molecule has 4 nitrogen and oxygen atoms in total. The quantitative estimate of drug-likeness (QED) is 0.413. The van der Waals surface area contributed by atoms with Gasteiger partial charge in [0.05, 0.1) is 16.8 Å². The van der Waals surface area contributed by atoms with Crippen molar-refractivity contribution >= 4 is 17.5 Å². The highest BCUT2D eigenvalue weighted by Gasteiger charge is 2.61. The molecule has 1 aromatic carbocycles. The molecule has 2 amide bonds. The summed E-state index contributed by atoms with van der Waals surface area (Å²) in [5, 5.41) is 5.43. The summed E-state index contributed by atoms with van der Waals surface area (Å²) in [5.74, 6) is -0.170. The van der Waals surface area contributed by atoms with E-state index in [4.69, 9.17) is 0 Å². The van der Waals surface area contributed by atoms with Crippen LogP contribution in [0.15, 0.2) is 18.2 Å². The Bertz CT molecular complexity index is 1100. The summed E-state index contributed by atoms with van der Waals surface area (Å²) < 4.78 is 80.4. The molecule has 0 unspecified atom stereocenters. The largest absolute Gasteiger partial charge is 0.418 e. The standard InChI is InChI=1S/C27H32F6N2O2/c1-24-11-9-17-15(4-8-21-25(17,2)12-10-22(36)35-21)16(24)6-7-19(24)23(37)34-20-13-14(26(28,29)30)3-5-18(20)27(31,32)33/h3,5,13,15-17,19,21H,4,6-12H2,1-2H3,(H,34,37)(H,35,36)/t15-,16-,17-,19+,21+,24-,25+/m0/s1. The zero-order chi connectivity index (χ0) is 27.0. The lowest BCUT2D eigenvalue weighted by molar-refractivity contribution is -0.141. The zero-order valence-corrected chi connectivity index (χ0v) is 20.9. The van der Waals surface area contributed by atoms with E-state index in [1.165, 1.54) is 0 Å². The van der Waals surface area contributed by atoms with Crippen molar-refractivity contribution in [3.05, 3.63) is 29.3 Å². The van der Waals surface area contributed by atoms with Crippen LogP contribution in [-0.2, 0) is 21.9 Å². The number of anilines is 1. The summed E-state index contributed by atoms with van der Waals surface area (Å²) in [5.41, 5.74) is -3.83. The van der Waals surface area contributed by atoms with Crippen LogP contribution in [0.2, 0.25) is 0 Å². The third kappa shape index (κ3) is 4.32. The smallest absolute Gasteiger partial charge is 0.353 e. The van der Waals surface area contributed by atoms with Crippen molar-refractivity contribution in [1.29, 1.82) is 0 Å². The lowest BCUT2D eigenvalue weighted by atomic mass is 9.47. The molecule has 0 aromatic heterocycles. The normalized spacial score (nSPS) is 37.7. The Balaban J connectivity index is 1.39. The molecule has 3 aliphatic carbocycles. The number of piperidine rings is 1. The average molecular weight is 531 g/mol. The monoisotopic (exact) mass is 530 g/mol. The number of amides is 2. The third-order valence-corrected chi connectivity index (χ3v) is 10.3. The zero-order valence-electron chi connectivity index (χ0n) is 20.9. The number of fused-ring (bicyclic) bond motifs is 5. The minimum Gasteiger partial charge on any atom is -0.353 e. The lowest BCUT2D eigenvalue weighted by Gasteiger charge is -2.60. The first-order chi connectivity index (χ1) is 17.1. The molecule has 1 aromatic rings. The number of carbonyl (C=O) groups excluding carboxylic acids is 2. The van der Waals surface area contributed by atoms with Gasteiger partial charge in [-0.15, -0.1) is 0 Å². The highest BCUT2D eigenvalue weighted by Crippen LogP contribution is 2.65. The van der Waals surface area contributed by atoms with E-state index in [0.717, 1.165) is 38.5 Å². The van der Waals surface area contributed by atoms with Crippen LogP contribution in [0.3, 0.4) is 0 Å². The van der Waals surface area contributed by atoms with Crippen molar-refractivity contribution in [1.82, 2.24) is 5.32 Å². The Kier molecular flexibility index (Phi) is 6.15. The number of alkyl halides is 6. The second-order valence-corrected chi connectivity index (χ2v) is 12.0. The number of rotatable bonds is 2. The first-order valence-electron chi connectivity index (χ1n) is 13.0. The van der Waals surface area contributed by atoms with Crippen molar-refractivity contribution < 1.29 is 35.9 Å². The predicted molar refractivity (Wildman–Crippen MR) is 124 cm³/mol. The molecule has 1 heterocycles. The van der Waals surface area contributed by atoms with Gasteiger partial charge in [0.2, 0.25) is 11.8 Å². The first kappa shape index (κ1) is 26.4. The van der Waals surface area contributed by atoms with Gasteiger partial charge in [-0.1, -0.05) is 13.8 Å². The number of nitrogens with one attached hydrogen (secondary N) is 2. The SMILES string of the molecule is C[C@]12CCC(=O)N[C@@H]1CC[C@@H]1[C@@H]2CC[C@]2(C)[C@@H](C(=O)Nc3cc(C(F)(F)F)ccc3C(F)(F)F)CC[C@@H]12. The van der Waals surface area contributed by atoms with E-state index in [-0.39, 0.29) is 23.3 Å². The number of hydrogen-bond donors (Lipinski definition) is 2. The van der Waals surface area contributed by atoms with Crippen molar-refractivity contribution in [2.75, 3.05) is 5.32 Å². The van der Waals surface area contributed by atoms with E-state index in [0.29, 0.717) is 42.9 Å². The molecule has 3 saturated carbocycles. The van der Waals surface area contributed by atoms with E-state index >= 15 is 0 Å². The van der Waals surface area contributed by atoms with E-state index in [1.807, 2.05) is 6.92 Å². The molecule has 4 fully saturated rings. The summed E-state index contributed by atoms with van der Waals surface area (Å²) >= 11 is 0. The van der Waals surface area contributed by atoms with Crippen molar-refractivity contribution in [2.45, 2.75) is 83.6 Å². The Morgan fingerprint density at radius 1 is 0.919 bits per heavy atom. The molecule has 0 spiro atoms.